The molecule has 6 N–H and O–H groups in total. The molecule has 0 bridgehead atoms. The molecule has 0 radical (unpaired) electrons. The van der Waals surface area contributed by atoms with Crippen molar-refractivity contribution in [2.75, 3.05) is 22.1 Å². The summed E-state index contributed by atoms with van der Waals surface area (Å²) in [5.41, 5.74) is 18.4. The summed E-state index contributed by atoms with van der Waals surface area (Å²) in [5.74, 6) is 2.77. The van der Waals surface area contributed by atoms with Crippen LogP contribution < -0.4 is 22.1 Å². The lowest BCUT2D eigenvalue weighted by Gasteiger charge is -2.11. The fourth-order valence-electron chi connectivity index (χ4n) is 5.79. The molecule has 18 heteroatoms. The van der Waals surface area contributed by atoms with Crippen LogP contribution in [0.1, 0.15) is 40.3 Å². The first kappa shape index (κ1) is 32.3. The smallest absolute Gasteiger partial charge is 0.252 e. The molecule has 0 spiro atoms. The van der Waals surface area contributed by atoms with Crippen LogP contribution in [0.25, 0.3) is 22.1 Å². The van der Waals surface area contributed by atoms with Crippen molar-refractivity contribution >= 4 is 45.6 Å². The number of oxazole rings is 1. The Balaban J connectivity index is 0.884. The molecule has 262 valence electrons. The van der Waals surface area contributed by atoms with Crippen LogP contribution in [0.3, 0.4) is 0 Å². The van der Waals surface area contributed by atoms with Crippen LogP contribution in [0.2, 0.25) is 0 Å². The van der Waals surface area contributed by atoms with Gasteiger partial charge in [-0.25, -0.2) is 15.0 Å². The Hall–Kier alpha value is -6.95. The van der Waals surface area contributed by atoms with Crippen molar-refractivity contribution in [3.63, 3.8) is 0 Å². The number of hydrogen-bond donors (Lipinski definition) is 4. The third kappa shape index (κ3) is 7.17. The van der Waals surface area contributed by atoms with Crippen LogP contribution in [0.5, 0.6) is 0 Å². The lowest BCUT2D eigenvalue weighted by atomic mass is 10.2. The van der Waals surface area contributed by atoms with Gasteiger partial charge in [0.2, 0.25) is 17.8 Å². The van der Waals surface area contributed by atoms with Gasteiger partial charge in [0.1, 0.15) is 23.9 Å². The Morgan fingerprint density at radius 2 is 1.44 bits per heavy atom. The van der Waals surface area contributed by atoms with E-state index < -0.39 is 0 Å². The molecule has 0 fully saturated rings. The number of nitrogen functional groups attached to an aromatic ring is 2. The predicted molar refractivity (Wildman–Crippen MR) is 189 cm³/mol. The van der Waals surface area contributed by atoms with Gasteiger partial charge in [0.05, 0.1) is 60.9 Å². The molecule has 0 saturated heterocycles. The highest BCUT2D eigenvalue weighted by molar-refractivity contribution is 5.88. The van der Waals surface area contributed by atoms with Gasteiger partial charge in [-0.2, -0.15) is 15.0 Å². The first-order valence-electron chi connectivity index (χ1n) is 16.3. The second kappa shape index (κ2) is 14.1. The van der Waals surface area contributed by atoms with Crippen LogP contribution >= 0.6 is 0 Å². The van der Waals surface area contributed by atoms with Crippen molar-refractivity contribution in [3.8, 4) is 0 Å². The Kier molecular flexibility index (Phi) is 8.76. The number of aromatic nitrogens is 11. The molecular formula is C34H33N15O3. The van der Waals surface area contributed by atoms with E-state index in [1.165, 1.54) is 0 Å². The molecule has 0 aromatic carbocycles. The van der Waals surface area contributed by atoms with E-state index in [2.05, 4.69) is 55.7 Å². The largest absolute Gasteiger partial charge is 0.447 e. The highest BCUT2D eigenvalue weighted by Gasteiger charge is 2.16. The summed E-state index contributed by atoms with van der Waals surface area (Å²) < 4.78 is 20.9. The molecule has 18 nitrogen and oxygen atoms in total. The van der Waals surface area contributed by atoms with Crippen LogP contribution in [0.4, 0.5) is 23.5 Å². The van der Waals surface area contributed by atoms with Crippen molar-refractivity contribution in [2.24, 2.45) is 0 Å². The van der Waals surface area contributed by atoms with Crippen LogP contribution in [0, 0.1) is 6.92 Å². The standard InChI is InChI=1S/C34H33N15O3/c1-20-17-51-27(41-20)14-40-32-30-25(43-34(36)46-32)7-11-49(30)16-23-12-21(5-9-38-23)18-50-19-28-44-26(47-52-28)13-39-31-29-24(42-33(35)45-31)6-10-48(29)15-22-4-2-3-8-37-22/h2-12,17H,13-16,18-19H2,1H3,(H3,35,39,42,45)(H3,36,40,43,46). The van der Waals surface area contributed by atoms with Crippen molar-refractivity contribution < 1.29 is 13.7 Å². The first-order chi connectivity index (χ1) is 25.4. The zero-order chi connectivity index (χ0) is 35.4. The molecule has 8 aromatic heterocycles. The summed E-state index contributed by atoms with van der Waals surface area (Å²) >= 11 is 0. The average molecular weight is 700 g/mol. The minimum Gasteiger partial charge on any atom is -0.447 e. The van der Waals surface area contributed by atoms with E-state index >= 15 is 0 Å². The minimum absolute atomic E-state index is 0.127. The molecule has 0 atom stereocenters. The highest BCUT2D eigenvalue weighted by atomic mass is 16.5. The third-order valence-corrected chi connectivity index (χ3v) is 8.02. The molecule has 0 amide bonds. The van der Waals surface area contributed by atoms with Gasteiger partial charge in [0.25, 0.3) is 5.89 Å². The van der Waals surface area contributed by atoms with Gasteiger partial charge in [0, 0.05) is 24.8 Å². The second-order valence-electron chi connectivity index (χ2n) is 11.9. The topological polar surface area (TPSA) is 237 Å². The summed E-state index contributed by atoms with van der Waals surface area (Å²) in [6.07, 6.45) is 8.97. The van der Waals surface area contributed by atoms with Gasteiger partial charge in [-0.05, 0) is 48.9 Å². The fraction of sp³-hybridized carbons (Fsp3) is 0.206. The quantitative estimate of drug-likeness (QED) is 0.126. The number of pyridine rings is 2. The maximum Gasteiger partial charge on any atom is 0.252 e. The normalized spacial score (nSPS) is 11.5. The zero-order valence-electron chi connectivity index (χ0n) is 28.0. The number of fused-ring (bicyclic) bond motifs is 2. The molecule has 52 heavy (non-hydrogen) atoms. The molecule has 0 aliphatic rings. The lowest BCUT2D eigenvalue weighted by molar-refractivity contribution is 0.0849. The number of hydrogen-bond acceptors (Lipinski definition) is 16. The third-order valence-electron chi connectivity index (χ3n) is 8.02. The van der Waals surface area contributed by atoms with Crippen molar-refractivity contribution in [1.82, 2.24) is 54.2 Å². The summed E-state index contributed by atoms with van der Waals surface area (Å²) in [5, 5.41) is 10.6. The van der Waals surface area contributed by atoms with E-state index in [1.807, 2.05) is 70.9 Å². The van der Waals surface area contributed by atoms with Crippen LogP contribution in [0.15, 0.2) is 82.5 Å². The Bertz CT molecular complexity index is 2470. The highest BCUT2D eigenvalue weighted by Crippen LogP contribution is 2.25. The lowest BCUT2D eigenvalue weighted by Crippen LogP contribution is -2.09. The number of ether oxygens (including phenoxy) is 1. The van der Waals surface area contributed by atoms with Gasteiger partial charge in [-0.1, -0.05) is 11.2 Å². The van der Waals surface area contributed by atoms with Crippen LogP contribution in [-0.2, 0) is 44.1 Å². The average Bonchev–Trinajstić information content (AvgIpc) is 3.95. The first-order valence-corrected chi connectivity index (χ1v) is 16.3. The van der Waals surface area contributed by atoms with Crippen molar-refractivity contribution in [2.45, 2.75) is 46.3 Å². The Morgan fingerprint density at radius 3 is 2.13 bits per heavy atom. The molecule has 0 unspecified atom stereocenters. The molecule has 0 saturated carbocycles. The molecule has 8 heterocycles. The molecule has 0 aliphatic carbocycles. The van der Waals surface area contributed by atoms with Crippen molar-refractivity contribution in [1.29, 1.82) is 0 Å². The Labute approximate surface area is 295 Å². The summed E-state index contributed by atoms with van der Waals surface area (Å²) in [6, 6.07) is 13.5. The van der Waals surface area contributed by atoms with E-state index in [1.54, 1.807) is 18.7 Å². The van der Waals surface area contributed by atoms with Crippen molar-refractivity contribution in [3.05, 3.63) is 114 Å². The number of nitrogens with zero attached hydrogens (tertiary/aromatic N) is 11. The van der Waals surface area contributed by atoms with Gasteiger partial charge >= 0.3 is 0 Å². The summed E-state index contributed by atoms with van der Waals surface area (Å²) in [4.78, 5) is 35.4. The number of rotatable bonds is 14. The summed E-state index contributed by atoms with van der Waals surface area (Å²) in [7, 11) is 0. The maximum absolute atomic E-state index is 6.00. The molecule has 8 rings (SSSR count). The van der Waals surface area contributed by atoms with E-state index in [-0.39, 0.29) is 25.0 Å². The molecule has 0 aliphatic heterocycles. The van der Waals surface area contributed by atoms with Gasteiger partial charge in [-0.15, -0.1) is 0 Å². The number of nitrogens with one attached hydrogen (secondary N) is 2. The summed E-state index contributed by atoms with van der Waals surface area (Å²) in [6.45, 7) is 3.92. The van der Waals surface area contributed by atoms with E-state index in [9.17, 15) is 0 Å². The molecular weight excluding hydrogens is 666 g/mol. The van der Waals surface area contributed by atoms with E-state index in [4.69, 9.17) is 25.1 Å². The van der Waals surface area contributed by atoms with Gasteiger partial charge in [0.15, 0.2) is 17.5 Å². The maximum atomic E-state index is 6.00. The number of anilines is 4. The van der Waals surface area contributed by atoms with Gasteiger partial charge in [-0.3, -0.25) is 9.97 Å². The molecule has 8 aromatic rings. The number of nitrogens with two attached hydrogens (primary N) is 2. The van der Waals surface area contributed by atoms with Crippen LogP contribution in [-0.4, -0.2) is 54.2 Å². The second-order valence-corrected chi connectivity index (χ2v) is 11.9. The van der Waals surface area contributed by atoms with E-state index in [0.29, 0.717) is 66.5 Å². The SMILES string of the molecule is Cc1coc(CNc2nc(N)nc3ccn(Cc4cc(COCc5nc(CNc6nc(N)nc7ccn(Cc8ccccn8)c67)no5)ccn4)c23)n1. The minimum atomic E-state index is 0.127. The monoisotopic (exact) mass is 699 g/mol. The Morgan fingerprint density at radius 1 is 0.731 bits per heavy atom. The zero-order valence-corrected chi connectivity index (χ0v) is 28.0. The van der Waals surface area contributed by atoms with Gasteiger partial charge < -0.3 is 44.9 Å². The number of aryl methyl sites for hydroxylation is 1. The predicted octanol–water partition coefficient (Wildman–Crippen LogP) is 3.85. The van der Waals surface area contributed by atoms with E-state index in [0.717, 1.165) is 33.7 Å². The fourth-order valence-corrected chi connectivity index (χ4v) is 5.79.